The van der Waals surface area contributed by atoms with Crippen molar-refractivity contribution in [2.45, 2.75) is 236 Å². The number of aliphatic hydroxyl groups is 1. The summed E-state index contributed by atoms with van der Waals surface area (Å²) in [6.45, 7) is 1.08. The van der Waals surface area contributed by atoms with Gasteiger partial charge in [-0.15, -0.1) is 0 Å². The average molecular weight is 1380 g/mol. The number of hydrogen-bond acceptors (Lipinski definition) is 21. The second-order valence-electron chi connectivity index (χ2n) is 24.3. The Labute approximate surface area is 567 Å². The number of imidazole rings is 1. The summed E-state index contributed by atoms with van der Waals surface area (Å²) in [5.74, 6) is -11.3. The molecule has 31 heteroatoms. The normalized spacial score (nSPS) is 13.4. The number of aliphatic carboxylic acids is 5. The SMILES string of the molecule is C[C@@H](O)[C@H](NCC(=O)[C@H](CCCCNC(=O)CC[C@H](NC(=O)COCCOCCCC(=O)COCCOCCNC(=O)CC[C@H](CC(=O)CC[C@H](NC(=O)CCCCCCCCCCCCCCCCC(=O)O)C(=O)O)C(=O)O)C(=O)O)CCC(=O)[C@@H](N)Cc1cnc[nH]1)C(=O)O. The molecule has 0 radical (unpaired) electrons. The Kier molecular flexibility index (Phi) is 50.5. The summed E-state index contributed by atoms with van der Waals surface area (Å²) < 4.78 is 21.5. The van der Waals surface area contributed by atoms with Crippen LogP contribution in [-0.4, -0.2) is 220 Å². The van der Waals surface area contributed by atoms with E-state index in [1.807, 2.05) is 0 Å². The van der Waals surface area contributed by atoms with Crippen molar-refractivity contribution in [1.82, 2.24) is 36.6 Å². The molecule has 0 aliphatic rings. The molecule has 14 N–H and O–H groups in total. The monoisotopic (exact) mass is 1380 g/mol. The zero-order chi connectivity index (χ0) is 72.0. The van der Waals surface area contributed by atoms with Gasteiger partial charge in [0.15, 0.2) is 5.78 Å². The van der Waals surface area contributed by atoms with Gasteiger partial charge in [-0.25, -0.2) is 14.6 Å². The molecule has 31 nitrogen and oxygen atoms in total. The Bertz CT molecular complexity index is 2480. The number of hydrogen-bond donors (Lipinski definition) is 13. The van der Waals surface area contributed by atoms with Crippen LogP contribution in [-0.2, 0) is 87.7 Å². The molecule has 1 aromatic heterocycles. The molecule has 7 atom stereocenters. The smallest absolute Gasteiger partial charge is 0.326 e. The summed E-state index contributed by atoms with van der Waals surface area (Å²) in [5.41, 5.74) is 6.74. The van der Waals surface area contributed by atoms with Crippen LogP contribution in [0.25, 0.3) is 0 Å². The lowest BCUT2D eigenvalue weighted by molar-refractivity contribution is -0.145. The average Bonchev–Trinajstić information content (AvgIpc) is 2.97. The highest BCUT2D eigenvalue weighted by molar-refractivity contribution is 5.88. The summed E-state index contributed by atoms with van der Waals surface area (Å²) in [6, 6.07) is -4.92. The summed E-state index contributed by atoms with van der Waals surface area (Å²) in [6.07, 6.45) is 16.8. The Morgan fingerprint density at radius 3 is 1.56 bits per heavy atom. The van der Waals surface area contributed by atoms with Gasteiger partial charge in [0, 0.05) is 95.3 Å². The maximum atomic E-state index is 13.2. The molecule has 0 saturated carbocycles. The van der Waals surface area contributed by atoms with Gasteiger partial charge in [-0.1, -0.05) is 83.5 Å². The number of amides is 4. The highest BCUT2D eigenvalue weighted by Crippen LogP contribution is 2.20. The highest BCUT2D eigenvalue weighted by atomic mass is 16.5. The minimum Gasteiger partial charge on any atom is -0.481 e. The first-order valence-corrected chi connectivity index (χ1v) is 34.2. The van der Waals surface area contributed by atoms with Gasteiger partial charge in [-0.05, 0) is 64.7 Å². The molecule has 0 saturated heterocycles. The molecule has 0 aromatic carbocycles. The minimum atomic E-state index is -1.39. The number of H-pyrrole nitrogens is 1. The van der Waals surface area contributed by atoms with Crippen LogP contribution in [0.3, 0.4) is 0 Å². The zero-order valence-corrected chi connectivity index (χ0v) is 56.5. The number of ketones is 4. The van der Waals surface area contributed by atoms with Crippen LogP contribution >= 0.6 is 0 Å². The third kappa shape index (κ3) is 48.2. The van der Waals surface area contributed by atoms with Gasteiger partial charge >= 0.3 is 29.8 Å². The lowest BCUT2D eigenvalue weighted by Crippen LogP contribution is -2.47. The Balaban J connectivity index is 2.18. The largest absolute Gasteiger partial charge is 0.481 e. The van der Waals surface area contributed by atoms with Gasteiger partial charge in [-0.3, -0.25) is 58.1 Å². The predicted molar refractivity (Wildman–Crippen MR) is 351 cm³/mol. The number of aromatic nitrogens is 2. The minimum absolute atomic E-state index is 0.0145. The molecule has 0 bridgehead atoms. The van der Waals surface area contributed by atoms with Crippen molar-refractivity contribution in [1.29, 1.82) is 0 Å². The topological polar surface area (TPSA) is 495 Å². The van der Waals surface area contributed by atoms with E-state index >= 15 is 0 Å². The quantitative estimate of drug-likeness (QED) is 0.0415. The number of carbonyl (C=O) groups is 13. The molecule has 0 unspecified atom stereocenters. The highest BCUT2D eigenvalue weighted by Gasteiger charge is 2.29. The molecule has 4 amide bonds. The first kappa shape index (κ1) is 87.9. The van der Waals surface area contributed by atoms with Crippen molar-refractivity contribution >= 4 is 76.6 Å². The van der Waals surface area contributed by atoms with E-state index in [9.17, 15) is 87.9 Å². The molecule has 0 spiro atoms. The maximum absolute atomic E-state index is 13.2. The molecule has 0 aliphatic carbocycles. The third-order valence-electron chi connectivity index (χ3n) is 15.9. The van der Waals surface area contributed by atoms with E-state index in [2.05, 4.69) is 36.6 Å². The van der Waals surface area contributed by atoms with E-state index in [-0.39, 0.29) is 160 Å². The van der Waals surface area contributed by atoms with Gasteiger partial charge in [0.1, 0.15) is 48.7 Å². The number of unbranched alkanes of at least 4 members (excludes halogenated alkanes) is 14. The lowest BCUT2D eigenvalue weighted by Gasteiger charge is -2.20. The molecule has 0 fully saturated rings. The van der Waals surface area contributed by atoms with Crippen LogP contribution in [0.2, 0.25) is 0 Å². The molecular formula is C66H110N8O23. The van der Waals surface area contributed by atoms with E-state index < -0.39 is 114 Å². The Morgan fingerprint density at radius 1 is 0.474 bits per heavy atom. The number of rotatable bonds is 67. The number of Topliss-reactive ketones (excluding diaryl/α,β-unsaturated/α-hetero) is 4. The van der Waals surface area contributed by atoms with Crippen molar-refractivity contribution in [2.24, 2.45) is 17.6 Å². The molecule has 1 heterocycles. The van der Waals surface area contributed by atoms with Crippen molar-refractivity contribution in [3.8, 4) is 0 Å². The Morgan fingerprint density at radius 2 is 1.00 bits per heavy atom. The number of ether oxygens (including phenoxy) is 4. The van der Waals surface area contributed by atoms with Crippen LogP contribution in [0.1, 0.15) is 205 Å². The van der Waals surface area contributed by atoms with E-state index in [1.54, 1.807) is 6.20 Å². The molecule has 1 aromatic rings. The fourth-order valence-corrected chi connectivity index (χ4v) is 10.2. The maximum Gasteiger partial charge on any atom is 0.326 e. The standard InChI is InChI=1S/C66H110N8O23/c1-46(75)62(66(92)93)71-42-56(79)47(23-28-55(78)52(67)40-49-41-68-45-72-49)19-16-17-31-69-58(81)30-27-54(65(90)91)74-60(83)44-97-38-35-94-33-18-20-51(77)43-96-37-36-95-34-32-70-57(80)29-24-48(63(86)87)39-50(76)25-26-53(64(88)89)73-59(82)21-14-12-10-8-6-4-2-3-5-7-9-11-13-15-22-61(84)85/h41,45-48,52-54,62,71,75H,2-40,42-44,67H2,1H3,(H,68,72)(H,69,81)(H,70,80)(H,73,82)(H,74,83)(H,84,85)(H,86,87)(H,88,89)(H,90,91)(H,92,93)/t46-,47-,48-,52+,53+,54+,62+/m1/s1. The van der Waals surface area contributed by atoms with Crippen LogP contribution in [0.4, 0.5) is 0 Å². The number of carboxylic acids is 5. The summed E-state index contributed by atoms with van der Waals surface area (Å²) >= 11 is 0. The fraction of sp³-hybridized carbons (Fsp3) is 0.758. The summed E-state index contributed by atoms with van der Waals surface area (Å²) in [4.78, 5) is 165. The molecule has 0 aliphatic heterocycles. The van der Waals surface area contributed by atoms with Crippen LogP contribution in [0.5, 0.6) is 0 Å². The number of nitrogens with one attached hydrogen (secondary N) is 6. The van der Waals surface area contributed by atoms with Gasteiger partial charge in [0.05, 0.1) is 64.0 Å². The van der Waals surface area contributed by atoms with Crippen LogP contribution in [0, 0.1) is 11.8 Å². The zero-order valence-electron chi connectivity index (χ0n) is 56.5. The summed E-state index contributed by atoms with van der Waals surface area (Å²) in [7, 11) is 0. The second kappa shape index (κ2) is 55.8. The second-order valence-corrected chi connectivity index (χ2v) is 24.3. The van der Waals surface area contributed by atoms with Crippen LogP contribution < -0.4 is 32.3 Å². The molecule has 1 rings (SSSR count). The first-order valence-electron chi connectivity index (χ1n) is 34.2. The number of aromatic amines is 1. The number of carboxylic acid groups (broad SMARTS) is 5. The van der Waals surface area contributed by atoms with Gasteiger partial charge in [0.25, 0.3) is 0 Å². The number of nitrogens with zero attached hydrogens (tertiary/aromatic N) is 1. The Hall–Kier alpha value is -7.16. The molecule has 97 heavy (non-hydrogen) atoms. The van der Waals surface area contributed by atoms with Crippen LogP contribution in [0.15, 0.2) is 12.5 Å². The van der Waals surface area contributed by atoms with E-state index in [0.29, 0.717) is 37.8 Å². The molecular weight excluding hydrogens is 1270 g/mol. The summed E-state index contributed by atoms with van der Waals surface area (Å²) in [5, 5.41) is 69.5. The third-order valence-corrected chi connectivity index (χ3v) is 15.9. The van der Waals surface area contributed by atoms with Crippen molar-refractivity contribution < 1.29 is 112 Å². The van der Waals surface area contributed by atoms with Crippen molar-refractivity contribution in [3.05, 3.63) is 18.2 Å². The lowest BCUT2D eigenvalue weighted by atomic mass is 9.89. The fourth-order valence-electron chi connectivity index (χ4n) is 10.2. The number of carbonyl (C=O) groups excluding carboxylic acids is 8. The van der Waals surface area contributed by atoms with E-state index in [0.717, 1.165) is 57.8 Å². The van der Waals surface area contributed by atoms with Gasteiger partial charge in [-0.2, -0.15) is 0 Å². The van der Waals surface area contributed by atoms with Gasteiger partial charge < -0.3 is 81.6 Å². The predicted octanol–water partition coefficient (Wildman–Crippen LogP) is 3.52. The van der Waals surface area contributed by atoms with Gasteiger partial charge in [0.2, 0.25) is 23.6 Å². The van der Waals surface area contributed by atoms with Crippen molar-refractivity contribution in [3.63, 3.8) is 0 Å². The number of aliphatic hydroxyl groups excluding tert-OH is 1. The number of nitrogens with two attached hydrogens (primary N) is 1. The first-order chi connectivity index (χ1) is 46.4. The molecule has 552 valence electrons. The van der Waals surface area contributed by atoms with E-state index in [4.69, 9.17) is 29.8 Å². The van der Waals surface area contributed by atoms with Crippen molar-refractivity contribution in [2.75, 3.05) is 72.5 Å². The van der Waals surface area contributed by atoms with E-state index in [1.165, 1.54) is 38.9 Å².